The Bertz CT molecular complexity index is 3730. The summed E-state index contributed by atoms with van der Waals surface area (Å²) >= 11 is 18.3. The third-order valence-electron chi connectivity index (χ3n) is 12.0. The molecule has 1 N–H and O–H groups in total. The van der Waals surface area contributed by atoms with E-state index in [1.165, 1.54) is 18.0 Å². The molecule has 0 aliphatic heterocycles. The van der Waals surface area contributed by atoms with Crippen LogP contribution in [0.15, 0.2) is 127 Å². The van der Waals surface area contributed by atoms with Gasteiger partial charge < -0.3 is 38.4 Å². The summed E-state index contributed by atoms with van der Waals surface area (Å²) < 4.78 is 30.6. The van der Waals surface area contributed by atoms with Crippen LogP contribution < -0.4 is 28.6 Å². The molecule has 0 radical (unpaired) electrons. The molecule has 0 saturated heterocycles. The fourth-order valence-corrected chi connectivity index (χ4v) is 8.90. The summed E-state index contributed by atoms with van der Waals surface area (Å²) in [7, 11) is 8.11. The molecule has 0 aliphatic rings. The Morgan fingerprint density at radius 2 is 0.900 bits per heavy atom. The molecule has 0 bridgehead atoms. The van der Waals surface area contributed by atoms with E-state index < -0.39 is 0 Å². The van der Waals surface area contributed by atoms with Crippen molar-refractivity contribution in [3.8, 4) is 28.7 Å². The van der Waals surface area contributed by atoms with Gasteiger partial charge in [-0.25, -0.2) is 9.97 Å². The number of carbonyl (C=O) groups is 2. The zero-order chi connectivity index (χ0) is 57.2. The number of ether oxygens (including phenoxy) is 6. The van der Waals surface area contributed by atoms with Gasteiger partial charge in [-0.1, -0.05) is 40.9 Å². The quantitative estimate of drug-likeness (QED) is 0.0902. The van der Waals surface area contributed by atoms with Crippen molar-refractivity contribution in [3.05, 3.63) is 171 Å². The number of rotatable bonds is 12. The molecule has 10 rings (SSSR count). The first kappa shape index (κ1) is 63.0. The molecule has 0 atom stereocenters. The van der Waals surface area contributed by atoms with Crippen molar-refractivity contribution in [2.45, 2.75) is 47.8 Å². The number of aromatic nitrogens is 5. The van der Waals surface area contributed by atoms with E-state index in [1.807, 2.05) is 98.8 Å². The Labute approximate surface area is 486 Å². The Balaban J connectivity index is 0.000000184. The van der Waals surface area contributed by atoms with Crippen LogP contribution >= 0.6 is 47.2 Å². The molecule has 0 aliphatic carbocycles. The number of anilines is 1. The first-order valence-corrected chi connectivity index (χ1v) is 25.9. The van der Waals surface area contributed by atoms with Crippen LogP contribution in [-0.2, 0) is 22.7 Å². The number of aliphatic hydroxyl groups excluding tert-OH is 1. The molecule has 0 saturated carbocycles. The smallest absolute Gasteiger partial charge is 0.303 e. The van der Waals surface area contributed by atoms with Crippen LogP contribution in [-0.4, -0.2) is 90.9 Å². The van der Waals surface area contributed by atoms with E-state index in [1.54, 1.807) is 65.9 Å². The van der Waals surface area contributed by atoms with E-state index in [2.05, 4.69) is 55.8 Å². The van der Waals surface area contributed by atoms with Crippen LogP contribution in [0, 0.1) is 13.8 Å². The highest BCUT2D eigenvalue weighted by molar-refractivity contribution is 6.36. The van der Waals surface area contributed by atoms with Crippen LogP contribution in [0.3, 0.4) is 0 Å². The van der Waals surface area contributed by atoms with Gasteiger partial charge in [0.15, 0.2) is 6.29 Å². The highest BCUT2D eigenvalue weighted by Gasteiger charge is 2.11. The van der Waals surface area contributed by atoms with Crippen molar-refractivity contribution in [1.29, 1.82) is 0 Å². The number of nitrogens with zero attached hydrogens (tertiary/aromatic N) is 6. The lowest BCUT2D eigenvalue weighted by Crippen LogP contribution is -2.22. The molecular formula is C61H62Cl4N6O9. The number of carbonyl (C=O) groups excluding carboxylic acids is 2. The van der Waals surface area contributed by atoms with E-state index in [4.69, 9.17) is 68.3 Å². The van der Waals surface area contributed by atoms with Crippen molar-refractivity contribution in [3.63, 3.8) is 0 Å². The summed E-state index contributed by atoms with van der Waals surface area (Å²) in [4.78, 5) is 45.4. The van der Waals surface area contributed by atoms with Crippen molar-refractivity contribution >= 4 is 120 Å². The van der Waals surface area contributed by atoms with Crippen LogP contribution in [0.25, 0.3) is 54.5 Å². The van der Waals surface area contributed by atoms with E-state index in [0.29, 0.717) is 38.4 Å². The third-order valence-corrected chi connectivity index (χ3v) is 12.9. The standard InChI is InChI=1S/C15H20N2O.C13H12ClNO3.C11H10ClNO2.C11H10ClNO.C11H9NO2.ClH/c1-5-17(6-2)15-9-11(3)16-14-10-12(18-4)7-8-13(14)15;1-8(16)18-7-9-5-12(14)11-4-3-10(17-2)6-13(11)15-9;1-15-8-2-3-9-10(12)4-7(6-14)13-11(9)5-8;1-7-5-10(12)9-4-3-8(14-2)6-11(9)13-7;1-14-10-5-3-8-2-4-9(7-13)12-11(8)6-10;/h7-10H,5-6H2,1-4H3;3-6H,7H2,1-2H3;2-5,14H,6H2,1H3;3-6H,1-2H3;2-7H,1H3;1H. The van der Waals surface area contributed by atoms with Gasteiger partial charge in [-0.2, -0.15) is 0 Å². The molecule has 19 heteroatoms. The molecule has 10 aromatic rings. The van der Waals surface area contributed by atoms with Gasteiger partial charge in [0, 0.05) is 94.4 Å². The minimum Gasteiger partial charge on any atom is -0.497 e. The highest BCUT2D eigenvalue weighted by atomic mass is 35.5. The SMILES string of the molecule is CCN(CC)c1cc(C)nc2cc(OC)ccc12.COc1ccc2c(Cl)cc(C)nc2c1.COc1ccc2c(Cl)cc(CO)nc2c1.COc1ccc2c(Cl)cc(COC(C)=O)nc2c1.COc1ccc2ccc(C=O)nc2c1.Cl. The molecule has 5 heterocycles. The average Bonchev–Trinajstić information content (AvgIpc) is 3.47. The summed E-state index contributed by atoms with van der Waals surface area (Å²) in [5, 5.41) is 15.7. The third kappa shape index (κ3) is 16.9. The number of esters is 1. The lowest BCUT2D eigenvalue weighted by molar-refractivity contribution is -0.142. The van der Waals surface area contributed by atoms with Gasteiger partial charge in [-0.15, -0.1) is 12.4 Å². The average molecular weight is 1170 g/mol. The maximum absolute atomic E-state index is 10.8. The van der Waals surface area contributed by atoms with E-state index >= 15 is 0 Å². The number of hydrogen-bond donors (Lipinski definition) is 1. The lowest BCUT2D eigenvalue weighted by atomic mass is 10.1. The van der Waals surface area contributed by atoms with Crippen molar-refractivity contribution in [2.75, 3.05) is 53.5 Å². The van der Waals surface area contributed by atoms with Crippen molar-refractivity contribution in [2.24, 2.45) is 0 Å². The number of aldehydes is 1. The van der Waals surface area contributed by atoms with Crippen molar-refractivity contribution < 1.29 is 43.1 Å². The summed E-state index contributed by atoms with van der Waals surface area (Å²) in [6.45, 7) is 11.7. The fraction of sp³-hybridized carbons (Fsp3) is 0.230. The zero-order valence-corrected chi connectivity index (χ0v) is 49.1. The molecule has 418 valence electrons. The largest absolute Gasteiger partial charge is 0.497 e. The monoisotopic (exact) mass is 1160 g/mol. The number of benzene rings is 5. The molecule has 0 fully saturated rings. The van der Waals surface area contributed by atoms with Gasteiger partial charge in [0.2, 0.25) is 0 Å². The Morgan fingerprint density at radius 3 is 1.35 bits per heavy atom. The summed E-state index contributed by atoms with van der Waals surface area (Å²) in [5.41, 5.74) is 8.88. The van der Waals surface area contributed by atoms with Gasteiger partial charge in [0.25, 0.3) is 0 Å². The van der Waals surface area contributed by atoms with Gasteiger partial charge in [0.1, 0.15) is 41.0 Å². The van der Waals surface area contributed by atoms with Crippen LogP contribution in [0.4, 0.5) is 5.69 Å². The van der Waals surface area contributed by atoms with Crippen LogP contribution in [0.2, 0.25) is 15.1 Å². The number of hydrogen-bond acceptors (Lipinski definition) is 15. The van der Waals surface area contributed by atoms with Gasteiger partial charge in [0.05, 0.1) is 96.2 Å². The van der Waals surface area contributed by atoms with Crippen LogP contribution in [0.5, 0.6) is 28.7 Å². The minimum atomic E-state index is -0.348. The topological polar surface area (TPSA) is 177 Å². The Kier molecular flexibility index (Phi) is 24.1. The first-order chi connectivity index (χ1) is 38.1. The summed E-state index contributed by atoms with van der Waals surface area (Å²) in [6.07, 6.45) is 0.735. The van der Waals surface area contributed by atoms with Gasteiger partial charge in [-0.05, 0) is 119 Å². The van der Waals surface area contributed by atoms with Gasteiger partial charge >= 0.3 is 5.97 Å². The molecule has 5 aromatic heterocycles. The summed E-state index contributed by atoms with van der Waals surface area (Å²) in [6, 6.07) is 39.2. The predicted octanol–water partition coefficient (Wildman–Crippen LogP) is 14.4. The lowest BCUT2D eigenvalue weighted by Gasteiger charge is -2.23. The Morgan fingerprint density at radius 1 is 0.512 bits per heavy atom. The normalized spacial score (nSPS) is 10.3. The van der Waals surface area contributed by atoms with E-state index in [-0.39, 0.29) is 31.6 Å². The minimum absolute atomic E-state index is 0. The number of aryl methyl sites for hydroxylation is 2. The fourth-order valence-electron chi connectivity index (χ4n) is 8.01. The van der Waals surface area contributed by atoms with E-state index in [9.17, 15) is 9.59 Å². The molecule has 0 unspecified atom stereocenters. The number of methoxy groups -OCH3 is 5. The van der Waals surface area contributed by atoms with Gasteiger partial charge in [-0.3, -0.25) is 24.5 Å². The summed E-state index contributed by atoms with van der Waals surface area (Å²) in [5.74, 6) is 3.47. The molecule has 80 heavy (non-hydrogen) atoms. The number of fused-ring (bicyclic) bond motifs is 5. The molecule has 0 spiro atoms. The number of pyridine rings is 5. The first-order valence-electron chi connectivity index (χ1n) is 24.8. The number of halogens is 4. The predicted molar refractivity (Wildman–Crippen MR) is 324 cm³/mol. The van der Waals surface area contributed by atoms with Crippen molar-refractivity contribution in [1.82, 2.24) is 24.9 Å². The second-order valence-corrected chi connectivity index (χ2v) is 18.5. The molecule has 0 amide bonds. The Hall–Kier alpha value is -7.79. The second kappa shape index (κ2) is 30.5. The highest BCUT2D eigenvalue weighted by Crippen LogP contribution is 2.31. The molecular weight excluding hydrogens is 1100 g/mol. The molecule has 5 aromatic carbocycles. The number of aliphatic hydroxyl groups is 1. The maximum atomic E-state index is 10.8. The second-order valence-electron chi connectivity index (χ2n) is 17.3. The zero-order valence-electron chi connectivity index (χ0n) is 46.0. The maximum Gasteiger partial charge on any atom is 0.303 e. The van der Waals surface area contributed by atoms with E-state index in [0.717, 1.165) is 102 Å². The van der Waals surface area contributed by atoms with Crippen LogP contribution in [0.1, 0.15) is 54.0 Å². The molecule has 15 nitrogen and oxygen atoms in total.